The van der Waals surface area contributed by atoms with Gasteiger partial charge in [0.05, 0.1) is 0 Å². The lowest BCUT2D eigenvalue weighted by atomic mass is 9.98. The third-order valence-corrected chi connectivity index (χ3v) is 6.14. The molecule has 0 saturated heterocycles. The second-order valence-corrected chi connectivity index (χ2v) is 8.71. The lowest BCUT2D eigenvalue weighted by molar-refractivity contribution is -0.137. The Labute approximate surface area is 200 Å². The van der Waals surface area contributed by atoms with Crippen molar-refractivity contribution in [3.8, 4) is 11.1 Å². The molecule has 7 nitrogen and oxygen atoms in total. The van der Waals surface area contributed by atoms with E-state index in [0.717, 1.165) is 24.0 Å². The summed E-state index contributed by atoms with van der Waals surface area (Å²) in [5, 5.41) is 14.4. The van der Waals surface area contributed by atoms with Crippen LogP contribution in [0.15, 0.2) is 48.5 Å². The molecule has 1 atom stereocenters. The number of hydrogen-bond donors (Lipinski definition) is 3. The first kappa shape index (κ1) is 25.3. The van der Waals surface area contributed by atoms with Gasteiger partial charge in [0.25, 0.3) is 0 Å². The van der Waals surface area contributed by atoms with Crippen LogP contribution in [-0.2, 0) is 14.3 Å². The molecular formula is C27H34N2O5. The molecular weight excluding hydrogens is 432 g/mol. The second-order valence-electron chi connectivity index (χ2n) is 8.71. The molecule has 1 aliphatic rings. The summed E-state index contributed by atoms with van der Waals surface area (Å²) in [6.45, 7) is 2.72. The summed E-state index contributed by atoms with van der Waals surface area (Å²) >= 11 is 0. The van der Waals surface area contributed by atoms with Crippen LogP contribution < -0.4 is 10.6 Å². The summed E-state index contributed by atoms with van der Waals surface area (Å²) in [7, 11) is 0. The number of benzene rings is 2. The van der Waals surface area contributed by atoms with E-state index in [1.165, 1.54) is 11.1 Å². The maximum absolute atomic E-state index is 12.6. The quantitative estimate of drug-likeness (QED) is 0.366. The molecule has 7 heteroatoms. The number of rotatable bonds is 13. The van der Waals surface area contributed by atoms with Gasteiger partial charge in [-0.05, 0) is 41.5 Å². The Morgan fingerprint density at radius 3 is 2.24 bits per heavy atom. The fraction of sp³-hybridized carbons (Fsp3) is 0.444. The van der Waals surface area contributed by atoms with Gasteiger partial charge in [0, 0.05) is 31.3 Å². The van der Waals surface area contributed by atoms with E-state index in [0.29, 0.717) is 25.8 Å². The van der Waals surface area contributed by atoms with Crippen LogP contribution in [0.25, 0.3) is 11.1 Å². The van der Waals surface area contributed by atoms with E-state index >= 15 is 0 Å². The highest BCUT2D eigenvalue weighted by atomic mass is 16.5. The van der Waals surface area contributed by atoms with Crippen molar-refractivity contribution in [3.63, 3.8) is 0 Å². The topological polar surface area (TPSA) is 105 Å². The molecule has 182 valence electrons. The van der Waals surface area contributed by atoms with Crippen LogP contribution in [0.3, 0.4) is 0 Å². The summed E-state index contributed by atoms with van der Waals surface area (Å²) in [5.41, 5.74) is 4.66. The standard InChI is InChI=1S/C27H34N2O5/c1-2-3-10-19(17-25(30)28-16-9-8-15-26(31)32)29-27(33)34-18-24-22-13-6-4-11-20(22)21-12-5-7-14-23(21)24/h4-7,11-14,19,24H,2-3,8-10,15-18H2,1H3,(H,28,30)(H,29,33)(H,31,32)/t19-/m1/s1. The smallest absolute Gasteiger partial charge is 0.407 e. The van der Waals surface area contributed by atoms with E-state index in [9.17, 15) is 14.4 Å². The minimum Gasteiger partial charge on any atom is -0.481 e. The molecule has 2 amide bonds. The number of ether oxygens (including phenoxy) is 1. The Bertz CT molecular complexity index is 945. The maximum atomic E-state index is 12.6. The number of carboxylic acid groups (broad SMARTS) is 1. The minimum absolute atomic E-state index is 0.0126. The molecule has 2 aromatic carbocycles. The van der Waals surface area contributed by atoms with Gasteiger partial charge >= 0.3 is 12.1 Å². The van der Waals surface area contributed by atoms with E-state index in [1.807, 2.05) is 24.3 Å². The van der Waals surface area contributed by atoms with Crippen LogP contribution in [-0.4, -0.2) is 42.3 Å². The van der Waals surface area contributed by atoms with Crippen molar-refractivity contribution in [2.24, 2.45) is 0 Å². The first-order valence-corrected chi connectivity index (χ1v) is 12.1. The molecule has 0 spiro atoms. The Hall–Kier alpha value is -3.35. The second kappa shape index (κ2) is 12.8. The number of carbonyl (C=O) groups excluding carboxylic acids is 2. The summed E-state index contributed by atoms with van der Waals surface area (Å²) in [6, 6.07) is 16.1. The van der Waals surface area contributed by atoms with Gasteiger partial charge in [0.15, 0.2) is 0 Å². The third-order valence-electron chi connectivity index (χ3n) is 6.14. The predicted octanol–water partition coefficient (Wildman–Crippen LogP) is 4.85. The molecule has 0 aromatic heterocycles. The van der Waals surface area contributed by atoms with Gasteiger partial charge in [-0.1, -0.05) is 68.3 Å². The average molecular weight is 467 g/mol. The number of nitrogens with one attached hydrogen (secondary N) is 2. The van der Waals surface area contributed by atoms with Gasteiger partial charge in [-0.25, -0.2) is 4.79 Å². The summed E-state index contributed by atoms with van der Waals surface area (Å²) in [4.78, 5) is 35.5. The third kappa shape index (κ3) is 7.07. The highest BCUT2D eigenvalue weighted by molar-refractivity contribution is 5.79. The van der Waals surface area contributed by atoms with Crippen molar-refractivity contribution >= 4 is 18.0 Å². The molecule has 1 aliphatic carbocycles. The van der Waals surface area contributed by atoms with Crippen LogP contribution in [0, 0.1) is 0 Å². The zero-order valence-electron chi connectivity index (χ0n) is 19.7. The van der Waals surface area contributed by atoms with Crippen molar-refractivity contribution < 1.29 is 24.2 Å². The highest BCUT2D eigenvalue weighted by Crippen LogP contribution is 2.44. The monoisotopic (exact) mass is 466 g/mol. The normalized spacial score (nSPS) is 13.0. The number of unbranched alkanes of at least 4 members (excludes halogenated alkanes) is 2. The van der Waals surface area contributed by atoms with Crippen LogP contribution >= 0.6 is 0 Å². The number of carboxylic acids is 1. The molecule has 3 rings (SSSR count). The fourth-order valence-electron chi connectivity index (χ4n) is 4.41. The van der Waals surface area contributed by atoms with Crippen molar-refractivity contribution in [1.82, 2.24) is 10.6 Å². The summed E-state index contributed by atoms with van der Waals surface area (Å²) in [5.74, 6) is -1.00. The Morgan fingerprint density at radius 1 is 0.971 bits per heavy atom. The number of amides is 2. The number of carbonyl (C=O) groups is 3. The van der Waals surface area contributed by atoms with Gasteiger partial charge in [-0.2, -0.15) is 0 Å². The minimum atomic E-state index is -0.835. The molecule has 2 aromatic rings. The maximum Gasteiger partial charge on any atom is 0.407 e. The first-order chi connectivity index (χ1) is 16.5. The SMILES string of the molecule is CCCC[C@H](CC(=O)NCCCCC(=O)O)NC(=O)OCC1c2ccccc2-c2ccccc21. The van der Waals surface area contributed by atoms with E-state index < -0.39 is 12.1 Å². The molecule has 0 saturated carbocycles. The van der Waals surface area contributed by atoms with Crippen molar-refractivity contribution in [3.05, 3.63) is 59.7 Å². The molecule has 34 heavy (non-hydrogen) atoms. The van der Waals surface area contributed by atoms with Gasteiger partial charge < -0.3 is 20.5 Å². The van der Waals surface area contributed by atoms with Crippen molar-refractivity contribution in [2.45, 2.75) is 63.8 Å². The van der Waals surface area contributed by atoms with Crippen LogP contribution in [0.1, 0.15) is 68.9 Å². The number of hydrogen-bond acceptors (Lipinski definition) is 4. The lowest BCUT2D eigenvalue weighted by Crippen LogP contribution is -2.40. The average Bonchev–Trinajstić information content (AvgIpc) is 3.14. The number of alkyl carbamates (subject to hydrolysis) is 1. The molecule has 0 heterocycles. The van der Waals surface area contributed by atoms with Crippen LogP contribution in [0.5, 0.6) is 0 Å². The first-order valence-electron chi connectivity index (χ1n) is 12.1. The molecule has 0 radical (unpaired) electrons. The molecule has 0 aliphatic heterocycles. The van der Waals surface area contributed by atoms with Gasteiger partial charge in [-0.3, -0.25) is 9.59 Å². The number of aliphatic carboxylic acids is 1. The molecule has 3 N–H and O–H groups in total. The molecule has 0 unspecified atom stereocenters. The summed E-state index contributed by atoms with van der Waals surface area (Å²) < 4.78 is 5.63. The fourth-order valence-corrected chi connectivity index (χ4v) is 4.41. The predicted molar refractivity (Wildman–Crippen MR) is 131 cm³/mol. The molecule has 0 fully saturated rings. The Morgan fingerprint density at radius 2 is 1.62 bits per heavy atom. The van der Waals surface area contributed by atoms with Gasteiger partial charge in [0.2, 0.25) is 5.91 Å². The van der Waals surface area contributed by atoms with Crippen molar-refractivity contribution in [2.75, 3.05) is 13.2 Å². The summed E-state index contributed by atoms with van der Waals surface area (Å²) in [6.07, 6.45) is 3.41. The zero-order valence-corrected chi connectivity index (χ0v) is 19.7. The van der Waals surface area contributed by atoms with Gasteiger partial charge in [-0.15, -0.1) is 0 Å². The van der Waals surface area contributed by atoms with E-state index in [1.54, 1.807) is 0 Å². The van der Waals surface area contributed by atoms with Crippen molar-refractivity contribution in [1.29, 1.82) is 0 Å². The van der Waals surface area contributed by atoms with Crippen LogP contribution in [0.2, 0.25) is 0 Å². The lowest BCUT2D eigenvalue weighted by Gasteiger charge is -2.20. The van der Waals surface area contributed by atoms with E-state index in [2.05, 4.69) is 41.8 Å². The number of fused-ring (bicyclic) bond motifs is 3. The highest BCUT2D eigenvalue weighted by Gasteiger charge is 2.29. The van der Waals surface area contributed by atoms with E-state index in [4.69, 9.17) is 9.84 Å². The largest absolute Gasteiger partial charge is 0.481 e. The van der Waals surface area contributed by atoms with Gasteiger partial charge in [0.1, 0.15) is 6.61 Å². The van der Waals surface area contributed by atoms with Crippen LogP contribution in [0.4, 0.5) is 4.79 Å². The zero-order chi connectivity index (χ0) is 24.3. The Balaban J connectivity index is 1.51. The van der Waals surface area contributed by atoms with E-state index in [-0.39, 0.29) is 37.3 Å². The Kier molecular flexibility index (Phi) is 9.50. The molecule has 0 bridgehead atoms.